The van der Waals surface area contributed by atoms with Gasteiger partial charge < -0.3 is 18.9 Å². The van der Waals surface area contributed by atoms with E-state index < -0.39 is 20.2 Å². The quantitative estimate of drug-likeness (QED) is 0.552. The Labute approximate surface area is 217 Å². The first-order valence-electron chi connectivity index (χ1n) is 12.5. The average molecular weight is 543 g/mol. The van der Waals surface area contributed by atoms with Gasteiger partial charge in [0.05, 0.1) is 46.4 Å². The van der Waals surface area contributed by atoms with E-state index in [-0.39, 0.29) is 0 Å². The second kappa shape index (κ2) is 17.6. The van der Waals surface area contributed by atoms with Crippen LogP contribution in [0.5, 0.6) is 0 Å². The molecule has 0 amide bonds. The lowest BCUT2D eigenvalue weighted by Crippen LogP contribution is -3.11. The molecule has 0 saturated carbocycles. The summed E-state index contributed by atoms with van der Waals surface area (Å²) in [4.78, 5) is 3.52. The van der Waals surface area contributed by atoms with Crippen molar-refractivity contribution in [2.75, 3.05) is 38.7 Å². The molecule has 10 heteroatoms. The Morgan fingerprint density at radius 2 is 0.806 bits per heavy atom. The number of hydrogen-bond acceptors (Lipinski definition) is 6. The van der Waals surface area contributed by atoms with Crippen LogP contribution < -0.4 is 9.80 Å². The lowest BCUT2D eigenvalue weighted by atomic mass is 10.1. The molecule has 2 fully saturated rings. The van der Waals surface area contributed by atoms with Crippen LogP contribution in [0.1, 0.15) is 49.7 Å². The summed E-state index contributed by atoms with van der Waals surface area (Å²) in [5.74, 6) is 0. The predicted octanol–water partition coefficient (Wildman–Crippen LogP) is 0.834. The van der Waals surface area contributed by atoms with Crippen molar-refractivity contribution in [2.24, 2.45) is 0 Å². The molecule has 4 rings (SSSR count). The van der Waals surface area contributed by atoms with Crippen molar-refractivity contribution in [3.05, 3.63) is 71.8 Å². The molecule has 0 aliphatic carbocycles. The highest BCUT2D eigenvalue weighted by molar-refractivity contribution is 7.85. The standard InChI is InChI=1S/2C12H17N.2CH4O3S/c2*1-3-7-12(8-4-1)11-13-9-5-2-6-10-13;2*1-5(2,3)4/h2*1,3-4,7-8H,2,5-6,9-11H2;2*1H3,(H,2,3,4). The van der Waals surface area contributed by atoms with Crippen LogP contribution in [0, 0.1) is 0 Å². The van der Waals surface area contributed by atoms with Gasteiger partial charge in [-0.2, -0.15) is 0 Å². The molecular formula is C26H42N2O6S2. The highest BCUT2D eigenvalue weighted by Gasteiger charge is 2.13. The first kappa shape index (κ1) is 32.2. The maximum Gasteiger partial charge on any atom is 0.103 e. The largest absolute Gasteiger partial charge is 0.748 e. The zero-order valence-corrected chi connectivity index (χ0v) is 23.2. The Morgan fingerprint density at radius 1 is 0.556 bits per heavy atom. The van der Waals surface area contributed by atoms with Crippen molar-refractivity contribution in [3.8, 4) is 0 Å². The molecule has 0 unspecified atom stereocenters. The molecule has 0 spiro atoms. The van der Waals surface area contributed by atoms with Gasteiger partial charge in [0.1, 0.15) is 13.1 Å². The SMILES string of the molecule is CS(=O)(=O)[O-].CS(=O)(=O)[O-].c1ccc(C[NH+]2CCCCC2)cc1.c1ccc(C[NH+]2CCCCC2)cc1. The molecule has 36 heavy (non-hydrogen) atoms. The molecule has 2 heterocycles. The van der Waals surface area contributed by atoms with Gasteiger partial charge in [0.2, 0.25) is 0 Å². The number of quaternary nitrogens is 2. The van der Waals surface area contributed by atoms with Gasteiger partial charge in [0, 0.05) is 23.6 Å². The third-order valence-corrected chi connectivity index (χ3v) is 5.72. The number of nitrogens with one attached hydrogen (secondary N) is 2. The smallest absolute Gasteiger partial charge is 0.103 e. The summed E-state index contributed by atoms with van der Waals surface area (Å²) in [7, 11) is -7.83. The third kappa shape index (κ3) is 21.5. The fraction of sp³-hybridized carbons (Fsp3) is 0.538. The van der Waals surface area contributed by atoms with Gasteiger partial charge in [0.15, 0.2) is 0 Å². The van der Waals surface area contributed by atoms with Crippen molar-refractivity contribution < 1.29 is 35.7 Å². The molecule has 0 bridgehead atoms. The van der Waals surface area contributed by atoms with Gasteiger partial charge in [-0.05, 0) is 38.5 Å². The lowest BCUT2D eigenvalue weighted by molar-refractivity contribution is -0.918. The number of rotatable bonds is 4. The van der Waals surface area contributed by atoms with Gasteiger partial charge in [-0.25, -0.2) is 16.8 Å². The van der Waals surface area contributed by atoms with E-state index in [0.717, 1.165) is 0 Å². The van der Waals surface area contributed by atoms with Gasteiger partial charge in [-0.1, -0.05) is 60.7 Å². The fourth-order valence-corrected chi connectivity index (χ4v) is 4.23. The van der Waals surface area contributed by atoms with E-state index in [1.54, 1.807) is 9.80 Å². The third-order valence-electron chi connectivity index (χ3n) is 5.72. The minimum atomic E-state index is -3.92. The van der Waals surface area contributed by atoms with E-state index in [0.29, 0.717) is 12.5 Å². The second-order valence-corrected chi connectivity index (χ2v) is 12.2. The molecule has 2 N–H and O–H groups in total. The number of hydrogen-bond donors (Lipinski definition) is 2. The van der Waals surface area contributed by atoms with Crippen molar-refractivity contribution >= 4 is 20.2 Å². The maximum atomic E-state index is 9.08. The zero-order chi connectivity index (χ0) is 26.9. The van der Waals surface area contributed by atoms with Crippen LogP contribution in [-0.2, 0) is 33.3 Å². The highest BCUT2D eigenvalue weighted by atomic mass is 32.2. The molecule has 2 aliphatic heterocycles. The molecule has 2 saturated heterocycles. The van der Waals surface area contributed by atoms with Gasteiger partial charge in [-0.3, -0.25) is 0 Å². The zero-order valence-electron chi connectivity index (χ0n) is 21.5. The lowest BCUT2D eigenvalue weighted by Gasteiger charge is -2.23. The average Bonchev–Trinajstić information content (AvgIpc) is 2.80. The van der Waals surface area contributed by atoms with Crippen LogP contribution in [0.25, 0.3) is 0 Å². The van der Waals surface area contributed by atoms with Crippen LogP contribution in [0.3, 0.4) is 0 Å². The van der Waals surface area contributed by atoms with E-state index in [2.05, 4.69) is 60.7 Å². The number of piperidine rings is 2. The van der Waals surface area contributed by atoms with E-state index in [1.807, 2.05) is 0 Å². The van der Waals surface area contributed by atoms with E-state index in [4.69, 9.17) is 25.9 Å². The summed E-state index contributed by atoms with van der Waals surface area (Å²) in [6.07, 6.45) is 9.77. The molecule has 2 aromatic carbocycles. The summed E-state index contributed by atoms with van der Waals surface area (Å²) in [5, 5.41) is 0. The summed E-state index contributed by atoms with van der Waals surface area (Å²) in [5.41, 5.74) is 2.97. The van der Waals surface area contributed by atoms with Crippen LogP contribution in [0.4, 0.5) is 0 Å². The van der Waals surface area contributed by atoms with E-state index in [9.17, 15) is 0 Å². The second-order valence-electron chi connectivity index (χ2n) is 9.35. The highest BCUT2D eigenvalue weighted by Crippen LogP contribution is 2.00. The van der Waals surface area contributed by atoms with Crippen LogP contribution in [-0.4, -0.2) is 64.6 Å². The summed E-state index contributed by atoms with van der Waals surface area (Å²) in [6, 6.07) is 21.7. The molecule has 8 nitrogen and oxygen atoms in total. The monoisotopic (exact) mass is 542 g/mol. The Bertz CT molecular complexity index is 919. The molecule has 0 atom stereocenters. The van der Waals surface area contributed by atoms with Crippen molar-refractivity contribution in [1.29, 1.82) is 0 Å². The van der Waals surface area contributed by atoms with Gasteiger partial charge in [-0.15, -0.1) is 0 Å². The summed E-state index contributed by atoms with van der Waals surface area (Å²) in [6.45, 7) is 7.93. The summed E-state index contributed by atoms with van der Waals surface area (Å²) >= 11 is 0. The van der Waals surface area contributed by atoms with Crippen LogP contribution >= 0.6 is 0 Å². The summed E-state index contributed by atoms with van der Waals surface area (Å²) < 4.78 is 54.5. The van der Waals surface area contributed by atoms with Gasteiger partial charge >= 0.3 is 0 Å². The molecule has 0 radical (unpaired) electrons. The molecule has 2 aliphatic rings. The molecule has 0 aromatic heterocycles. The number of likely N-dealkylation sites (tertiary alicyclic amines) is 2. The molecular weight excluding hydrogens is 500 g/mol. The first-order valence-corrected chi connectivity index (χ1v) is 16.1. The van der Waals surface area contributed by atoms with Gasteiger partial charge in [0.25, 0.3) is 0 Å². The fourth-order valence-electron chi connectivity index (χ4n) is 4.23. The Balaban J connectivity index is 0.000000266. The van der Waals surface area contributed by atoms with Crippen molar-refractivity contribution in [3.63, 3.8) is 0 Å². The Kier molecular flexibility index (Phi) is 15.7. The predicted molar refractivity (Wildman–Crippen MR) is 141 cm³/mol. The minimum absolute atomic E-state index is 0.604. The number of benzene rings is 2. The normalized spacial score (nSPS) is 16.8. The molecule has 2 aromatic rings. The maximum absolute atomic E-state index is 9.08. The molecule has 204 valence electrons. The van der Waals surface area contributed by atoms with Crippen molar-refractivity contribution in [1.82, 2.24) is 0 Å². The van der Waals surface area contributed by atoms with E-state index in [1.165, 1.54) is 88.9 Å². The van der Waals surface area contributed by atoms with Crippen LogP contribution in [0.2, 0.25) is 0 Å². The Hall–Kier alpha value is -1.82. The topological polar surface area (TPSA) is 123 Å². The van der Waals surface area contributed by atoms with Crippen LogP contribution in [0.15, 0.2) is 60.7 Å². The Morgan fingerprint density at radius 3 is 1.06 bits per heavy atom. The van der Waals surface area contributed by atoms with E-state index >= 15 is 0 Å². The van der Waals surface area contributed by atoms with Crippen molar-refractivity contribution in [2.45, 2.75) is 51.6 Å². The minimum Gasteiger partial charge on any atom is -0.748 e. The first-order chi connectivity index (χ1) is 16.9.